The lowest BCUT2D eigenvalue weighted by atomic mass is 10.0. The maximum Gasteiger partial charge on any atom is 0.255 e. The molecule has 1 atom stereocenters. The van der Waals surface area contributed by atoms with Crippen LogP contribution in [-0.2, 0) is 7.05 Å². The van der Waals surface area contributed by atoms with Gasteiger partial charge in [0.05, 0.1) is 11.4 Å². The van der Waals surface area contributed by atoms with Crippen molar-refractivity contribution in [3.63, 3.8) is 0 Å². The van der Waals surface area contributed by atoms with E-state index in [1.165, 1.54) is 62.4 Å². The lowest BCUT2D eigenvalue weighted by Gasteiger charge is -2.38. The van der Waals surface area contributed by atoms with Gasteiger partial charge >= 0.3 is 0 Å². The van der Waals surface area contributed by atoms with Crippen molar-refractivity contribution < 1.29 is 0 Å². The number of nitrogens with one attached hydrogen (secondary N) is 1. The smallest absolute Gasteiger partial charge is 0.255 e. The minimum Gasteiger partial charge on any atom is -0.371 e. The van der Waals surface area contributed by atoms with Gasteiger partial charge in [0.15, 0.2) is 0 Å². The van der Waals surface area contributed by atoms with Crippen molar-refractivity contribution in [3.8, 4) is 11.4 Å². The maximum absolute atomic E-state index is 12.7. The van der Waals surface area contributed by atoms with Crippen LogP contribution in [0.25, 0.3) is 11.4 Å². The lowest BCUT2D eigenvalue weighted by Crippen LogP contribution is -2.47. The van der Waals surface area contributed by atoms with Gasteiger partial charge in [-0.25, -0.2) is 15.0 Å². The Kier molecular flexibility index (Phi) is 6.89. The zero-order chi connectivity index (χ0) is 25.2. The molecule has 6 rings (SSSR count). The second kappa shape index (κ2) is 10.6. The average Bonchev–Trinajstić information content (AvgIpc) is 3.50. The zero-order valence-corrected chi connectivity index (χ0v) is 21.6. The van der Waals surface area contributed by atoms with Gasteiger partial charge in [0, 0.05) is 69.8 Å². The molecular weight excluding hydrogens is 464 g/mol. The highest BCUT2D eigenvalue weighted by molar-refractivity contribution is 5.55. The summed E-state index contributed by atoms with van der Waals surface area (Å²) in [4.78, 5) is 33.3. The van der Waals surface area contributed by atoms with Crippen LogP contribution in [0, 0.1) is 0 Å². The molecular formula is C28H36N8O. The molecule has 2 aromatic heterocycles. The fraction of sp³-hybridized carbons (Fsp3) is 0.500. The van der Waals surface area contributed by atoms with E-state index >= 15 is 0 Å². The number of hydrogen-bond donors (Lipinski definition) is 1. The highest BCUT2D eigenvalue weighted by Crippen LogP contribution is 2.27. The third kappa shape index (κ3) is 5.10. The normalized spacial score (nSPS) is 21.5. The molecule has 194 valence electrons. The number of benzene rings is 1. The van der Waals surface area contributed by atoms with Crippen LogP contribution in [0.5, 0.6) is 0 Å². The van der Waals surface area contributed by atoms with Gasteiger partial charge in [-0.05, 0) is 62.5 Å². The first-order chi connectivity index (χ1) is 18.2. The molecule has 1 unspecified atom stereocenters. The van der Waals surface area contributed by atoms with Gasteiger partial charge in [-0.1, -0.05) is 12.1 Å². The van der Waals surface area contributed by atoms with E-state index in [0.717, 1.165) is 38.8 Å². The zero-order valence-electron chi connectivity index (χ0n) is 21.6. The Morgan fingerprint density at radius 3 is 2.43 bits per heavy atom. The average molecular weight is 501 g/mol. The number of hydrogen-bond acceptors (Lipinski definition) is 8. The predicted molar refractivity (Wildman–Crippen MR) is 146 cm³/mol. The summed E-state index contributed by atoms with van der Waals surface area (Å²) in [6.45, 7) is 7.21. The number of piperazine rings is 1. The molecule has 0 radical (unpaired) electrons. The number of aromatic nitrogens is 4. The molecule has 3 aliphatic rings. The first-order valence-corrected chi connectivity index (χ1v) is 13.6. The highest BCUT2D eigenvalue weighted by Gasteiger charge is 2.27. The van der Waals surface area contributed by atoms with E-state index in [9.17, 15) is 4.79 Å². The van der Waals surface area contributed by atoms with Crippen LogP contribution in [-0.4, -0.2) is 76.3 Å². The van der Waals surface area contributed by atoms with Gasteiger partial charge in [-0.2, -0.15) is 0 Å². The number of nitrogens with zero attached hydrogens (tertiary/aromatic N) is 7. The summed E-state index contributed by atoms with van der Waals surface area (Å²) in [7, 11) is 1.78. The van der Waals surface area contributed by atoms with Crippen molar-refractivity contribution in [1.29, 1.82) is 0 Å². The van der Waals surface area contributed by atoms with Gasteiger partial charge in [-0.3, -0.25) is 9.36 Å². The van der Waals surface area contributed by atoms with Crippen molar-refractivity contribution in [2.24, 2.45) is 7.05 Å². The molecule has 1 aromatic carbocycles. The SMILES string of the molecule is Cn1c(N2CCNC(c3ccc(N4CCC(N5CCCC5)CC4)cc3)C2)nc(-c2ccncn2)cc1=O. The molecule has 0 saturated carbocycles. The Morgan fingerprint density at radius 1 is 0.919 bits per heavy atom. The molecule has 3 aromatic rings. The quantitative estimate of drug-likeness (QED) is 0.572. The van der Waals surface area contributed by atoms with Crippen molar-refractivity contribution in [3.05, 3.63) is 64.8 Å². The minimum atomic E-state index is -0.0912. The second-order valence-corrected chi connectivity index (χ2v) is 10.4. The lowest BCUT2D eigenvalue weighted by molar-refractivity contribution is 0.208. The molecule has 0 bridgehead atoms. The van der Waals surface area contributed by atoms with Gasteiger partial charge in [-0.15, -0.1) is 0 Å². The molecule has 9 heteroatoms. The Hall–Kier alpha value is -3.30. The van der Waals surface area contributed by atoms with E-state index in [1.807, 2.05) is 0 Å². The van der Waals surface area contributed by atoms with E-state index in [0.29, 0.717) is 17.3 Å². The summed E-state index contributed by atoms with van der Waals surface area (Å²) in [5.41, 5.74) is 3.72. The number of anilines is 2. The molecule has 3 aliphatic heterocycles. The van der Waals surface area contributed by atoms with Crippen molar-refractivity contribution in [2.45, 2.75) is 37.8 Å². The summed E-state index contributed by atoms with van der Waals surface area (Å²) < 4.78 is 1.63. The molecule has 0 aliphatic carbocycles. The van der Waals surface area contributed by atoms with Crippen LogP contribution in [0.2, 0.25) is 0 Å². The third-order valence-corrected chi connectivity index (χ3v) is 8.20. The van der Waals surface area contributed by atoms with Crippen LogP contribution in [0.1, 0.15) is 37.3 Å². The number of piperidine rings is 1. The predicted octanol–water partition coefficient (Wildman–Crippen LogP) is 2.45. The molecule has 0 amide bonds. The highest BCUT2D eigenvalue weighted by atomic mass is 16.1. The van der Waals surface area contributed by atoms with E-state index < -0.39 is 0 Å². The van der Waals surface area contributed by atoms with Crippen LogP contribution >= 0.6 is 0 Å². The van der Waals surface area contributed by atoms with E-state index in [1.54, 1.807) is 23.9 Å². The van der Waals surface area contributed by atoms with Crippen molar-refractivity contribution in [2.75, 3.05) is 55.6 Å². The van der Waals surface area contributed by atoms with E-state index in [2.05, 4.69) is 54.2 Å². The summed E-state index contributed by atoms with van der Waals surface area (Å²) in [5.74, 6) is 0.671. The summed E-state index contributed by atoms with van der Waals surface area (Å²) in [5, 5.41) is 3.65. The number of rotatable bonds is 5. The van der Waals surface area contributed by atoms with Crippen LogP contribution < -0.4 is 20.7 Å². The molecule has 5 heterocycles. The van der Waals surface area contributed by atoms with Gasteiger partial charge < -0.3 is 20.0 Å². The standard InChI is InChI=1S/C28H36N8O/c1-33-27(37)18-25(24-8-11-29-20-31-24)32-28(33)36-17-12-30-26(19-36)21-4-6-22(7-5-21)35-15-9-23(10-16-35)34-13-2-3-14-34/h4-8,11,18,20,23,26,30H,2-3,9-10,12-17,19H2,1H3. The minimum absolute atomic E-state index is 0.0912. The summed E-state index contributed by atoms with van der Waals surface area (Å²) in [6.07, 6.45) is 8.42. The molecule has 0 spiro atoms. The largest absolute Gasteiger partial charge is 0.371 e. The number of likely N-dealkylation sites (tertiary alicyclic amines) is 1. The molecule has 1 N–H and O–H groups in total. The van der Waals surface area contributed by atoms with E-state index in [-0.39, 0.29) is 11.6 Å². The monoisotopic (exact) mass is 500 g/mol. The Balaban J connectivity index is 1.14. The van der Waals surface area contributed by atoms with E-state index in [4.69, 9.17) is 4.98 Å². The van der Waals surface area contributed by atoms with Gasteiger partial charge in [0.2, 0.25) is 5.95 Å². The van der Waals surface area contributed by atoms with Crippen LogP contribution in [0.15, 0.2) is 53.7 Å². The second-order valence-electron chi connectivity index (χ2n) is 10.4. The van der Waals surface area contributed by atoms with Crippen LogP contribution in [0.4, 0.5) is 11.6 Å². The molecule has 37 heavy (non-hydrogen) atoms. The first kappa shape index (κ1) is 24.1. The Labute approximate surface area is 218 Å². The fourth-order valence-electron chi connectivity index (χ4n) is 6.05. The summed E-state index contributed by atoms with van der Waals surface area (Å²) in [6, 6.07) is 13.3. The third-order valence-electron chi connectivity index (χ3n) is 8.20. The Morgan fingerprint density at radius 2 is 1.70 bits per heavy atom. The Bertz CT molecular complexity index is 1250. The van der Waals surface area contributed by atoms with Crippen LogP contribution in [0.3, 0.4) is 0 Å². The van der Waals surface area contributed by atoms with Gasteiger partial charge in [0.25, 0.3) is 5.56 Å². The molecule has 3 saturated heterocycles. The molecule has 9 nitrogen and oxygen atoms in total. The van der Waals surface area contributed by atoms with Crippen molar-refractivity contribution in [1.82, 2.24) is 29.7 Å². The topological polar surface area (TPSA) is 82.4 Å². The van der Waals surface area contributed by atoms with Gasteiger partial charge in [0.1, 0.15) is 6.33 Å². The maximum atomic E-state index is 12.7. The fourth-order valence-corrected chi connectivity index (χ4v) is 6.05. The first-order valence-electron chi connectivity index (χ1n) is 13.6. The molecule has 3 fully saturated rings. The van der Waals surface area contributed by atoms with Crippen molar-refractivity contribution >= 4 is 11.6 Å². The summed E-state index contributed by atoms with van der Waals surface area (Å²) >= 11 is 0.